The number of aliphatic carboxylic acids is 1. The van der Waals surface area contributed by atoms with Gasteiger partial charge in [0.25, 0.3) is 0 Å². The number of hydrogen-bond acceptors (Lipinski definition) is 3. The Morgan fingerprint density at radius 2 is 2.00 bits per heavy atom. The normalized spacial score (nSPS) is 12.3. The van der Waals surface area contributed by atoms with Crippen molar-refractivity contribution >= 4 is 5.97 Å². The van der Waals surface area contributed by atoms with Crippen molar-refractivity contribution in [2.24, 2.45) is 0 Å². The Morgan fingerprint density at radius 3 is 2.61 bits per heavy atom. The first-order chi connectivity index (χ1) is 8.74. The lowest BCUT2D eigenvalue weighted by Gasteiger charge is -2.13. The zero-order valence-electron chi connectivity index (χ0n) is 10.7. The molecule has 0 aromatic heterocycles. The summed E-state index contributed by atoms with van der Waals surface area (Å²) in [5, 5.41) is 9.04. The highest BCUT2D eigenvalue weighted by Gasteiger charge is 2.17. The zero-order chi connectivity index (χ0) is 13.2. The smallest absolute Gasteiger partial charge is 0.332 e. The van der Waals surface area contributed by atoms with E-state index in [2.05, 4.69) is 0 Å². The molecule has 0 spiro atoms. The van der Waals surface area contributed by atoms with Crippen LogP contribution in [-0.4, -0.2) is 37.0 Å². The van der Waals surface area contributed by atoms with E-state index in [-0.39, 0.29) is 0 Å². The highest BCUT2D eigenvalue weighted by atomic mass is 16.5. The van der Waals surface area contributed by atoms with Gasteiger partial charge in [-0.05, 0) is 25.3 Å². The van der Waals surface area contributed by atoms with Gasteiger partial charge in [-0.15, -0.1) is 0 Å². The Bertz CT molecular complexity index is 337. The molecule has 1 aromatic rings. The van der Waals surface area contributed by atoms with Gasteiger partial charge in [0.2, 0.25) is 0 Å². The number of benzene rings is 1. The third-order valence-corrected chi connectivity index (χ3v) is 2.56. The predicted molar refractivity (Wildman–Crippen MR) is 68.6 cm³/mol. The van der Waals surface area contributed by atoms with Crippen LogP contribution in [-0.2, 0) is 20.7 Å². The second kappa shape index (κ2) is 8.66. The summed E-state index contributed by atoms with van der Waals surface area (Å²) in [5.74, 6) is -0.914. The third-order valence-electron chi connectivity index (χ3n) is 2.56. The number of rotatable bonds is 9. The van der Waals surface area contributed by atoms with Gasteiger partial charge in [0.1, 0.15) is 0 Å². The molecule has 1 N–H and O–H groups in total. The first kappa shape index (κ1) is 14.7. The summed E-state index contributed by atoms with van der Waals surface area (Å²) in [6.07, 6.45) is 0.420. The molecule has 1 rings (SSSR count). The molecule has 4 nitrogen and oxygen atoms in total. The summed E-state index contributed by atoms with van der Waals surface area (Å²) >= 11 is 0. The largest absolute Gasteiger partial charge is 0.479 e. The molecule has 0 saturated heterocycles. The molecular weight excluding hydrogens is 232 g/mol. The van der Waals surface area contributed by atoms with Crippen LogP contribution in [0.5, 0.6) is 0 Å². The molecule has 1 atom stereocenters. The average Bonchev–Trinajstić information content (AvgIpc) is 2.38. The summed E-state index contributed by atoms with van der Waals surface area (Å²) in [6.45, 7) is 3.26. The van der Waals surface area contributed by atoms with Crippen molar-refractivity contribution < 1.29 is 19.4 Å². The van der Waals surface area contributed by atoms with Gasteiger partial charge in [-0.25, -0.2) is 4.79 Å². The second-order valence-corrected chi connectivity index (χ2v) is 3.92. The summed E-state index contributed by atoms with van der Waals surface area (Å²) in [4.78, 5) is 11.0. The molecule has 100 valence electrons. The van der Waals surface area contributed by atoms with Gasteiger partial charge >= 0.3 is 5.97 Å². The fourth-order valence-corrected chi connectivity index (χ4v) is 1.61. The van der Waals surface area contributed by atoms with Crippen molar-refractivity contribution in [3.8, 4) is 0 Å². The van der Waals surface area contributed by atoms with Gasteiger partial charge < -0.3 is 14.6 Å². The fraction of sp³-hybridized carbons (Fsp3) is 0.500. The van der Waals surface area contributed by atoms with Crippen molar-refractivity contribution in [3.63, 3.8) is 0 Å². The molecule has 0 aliphatic carbocycles. The lowest BCUT2D eigenvalue weighted by atomic mass is 10.1. The Balaban J connectivity index is 2.32. The fourth-order valence-electron chi connectivity index (χ4n) is 1.61. The summed E-state index contributed by atoms with van der Waals surface area (Å²) < 4.78 is 10.4. The molecule has 0 fully saturated rings. The third kappa shape index (κ3) is 5.80. The Kier molecular flexibility index (Phi) is 7.06. The Morgan fingerprint density at radius 1 is 1.28 bits per heavy atom. The first-order valence-electron chi connectivity index (χ1n) is 6.20. The lowest BCUT2D eigenvalue weighted by Crippen LogP contribution is -2.26. The number of carboxylic acids is 1. The van der Waals surface area contributed by atoms with Crippen LogP contribution in [0.25, 0.3) is 0 Å². The summed E-state index contributed by atoms with van der Waals surface area (Å²) in [5.41, 5.74) is 1.12. The number of aryl methyl sites for hydroxylation is 1. The molecule has 0 heterocycles. The predicted octanol–water partition coefficient (Wildman–Crippen LogP) is 2.13. The van der Waals surface area contributed by atoms with Crippen molar-refractivity contribution in [1.82, 2.24) is 0 Å². The second-order valence-electron chi connectivity index (χ2n) is 3.92. The van der Waals surface area contributed by atoms with Crippen molar-refractivity contribution in [2.45, 2.75) is 25.9 Å². The number of hydrogen-bond donors (Lipinski definition) is 1. The number of ether oxygens (including phenoxy) is 2. The van der Waals surface area contributed by atoms with Gasteiger partial charge in [-0.3, -0.25) is 0 Å². The van der Waals surface area contributed by atoms with E-state index in [4.69, 9.17) is 14.6 Å². The Labute approximate surface area is 108 Å². The zero-order valence-corrected chi connectivity index (χ0v) is 10.7. The van der Waals surface area contributed by atoms with E-state index in [1.165, 1.54) is 0 Å². The molecule has 4 heteroatoms. The van der Waals surface area contributed by atoms with Crippen molar-refractivity contribution in [3.05, 3.63) is 35.9 Å². The van der Waals surface area contributed by atoms with Crippen LogP contribution < -0.4 is 0 Å². The van der Waals surface area contributed by atoms with Crippen molar-refractivity contribution in [2.75, 3.05) is 19.8 Å². The van der Waals surface area contributed by atoms with Crippen LogP contribution in [0.2, 0.25) is 0 Å². The maximum Gasteiger partial charge on any atom is 0.332 e. The molecule has 1 unspecified atom stereocenters. The minimum absolute atomic E-state index is 0.319. The summed E-state index contributed by atoms with van der Waals surface area (Å²) in [6, 6.07) is 9.80. The van der Waals surface area contributed by atoms with E-state index in [0.29, 0.717) is 32.7 Å². The lowest BCUT2D eigenvalue weighted by molar-refractivity contribution is -0.151. The highest BCUT2D eigenvalue weighted by Crippen LogP contribution is 2.07. The van der Waals surface area contributed by atoms with E-state index in [9.17, 15) is 4.79 Å². The minimum Gasteiger partial charge on any atom is -0.479 e. The molecule has 0 saturated carbocycles. The average molecular weight is 252 g/mol. The quantitative estimate of drug-likeness (QED) is 0.684. The van der Waals surface area contributed by atoms with Gasteiger partial charge in [-0.2, -0.15) is 0 Å². The van der Waals surface area contributed by atoms with Crippen LogP contribution in [0.3, 0.4) is 0 Å². The first-order valence-corrected chi connectivity index (χ1v) is 6.20. The molecule has 18 heavy (non-hydrogen) atoms. The maximum absolute atomic E-state index is 11.0. The highest BCUT2D eigenvalue weighted by molar-refractivity contribution is 5.72. The van der Waals surface area contributed by atoms with Crippen LogP contribution in [0.15, 0.2) is 30.3 Å². The van der Waals surface area contributed by atoms with Gasteiger partial charge in [0.05, 0.1) is 13.2 Å². The van der Waals surface area contributed by atoms with Crippen LogP contribution in [0.4, 0.5) is 0 Å². The van der Waals surface area contributed by atoms with E-state index < -0.39 is 12.1 Å². The molecule has 0 aliphatic heterocycles. The molecule has 1 aromatic carbocycles. The van der Waals surface area contributed by atoms with E-state index >= 15 is 0 Å². The minimum atomic E-state index is -0.914. The van der Waals surface area contributed by atoms with Gasteiger partial charge in [0.15, 0.2) is 6.10 Å². The van der Waals surface area contributed by atoms with Crippen LogP contribution in [0, 0.1) is 0 Å². The monoisotopic (exact) mass is 252 g/mol. The van der Waals surface area contributed by atoms with Crippen LogP contribution in [0.1, 0.15) is 18.9 Å². The summed E-state index contributed by atoms with van der Waals surface area (Å²) in [7, 11) is 0. The van der Waals surface area contributed by atoms with Gasteiger partial charge in [-0.1, -0.05) is 30.3 Å². The number of carboxylic acid groups (broad SMARTS) is 1. The van der Waals surface area contributed by atoms with Crippen LogP contribution >= 0.6 is 0 Å². The molecular formula is C14H20O4. The van der Waals surface area contributed by atoms with E-state index in [0.717, 1.165) is 5.56 Å². The molecule has 0 radical (unpaired) electrons. The molecule has 0 aliphatic rings. The number of carbonyl (C=O) groups is 1. The SMILES string of the molecule is CCOCCOC(CCc1ccccc1)C(=O)O. The standard InChI is InChI=1S/C14H20O4/c1-2-17-10-11-18-13(14(15)16)9-8-12-6-4-3-5-7-12/h3-7,13H,2,8-11H2,1H3,(H,15,16). The maximum atomic E-state index is 11.0. The van der Waals surface area contributed by atoms with Crippen molar-refractivity contribution in [1.29, 1.82) is 0 Å². The van der Waals surface area contributed by atoms with Gasteiger partial charge in [0, 0.05) is 6.61 Å². The van der Waals surface area contributed by atoms with E-state index in [1.807, 2.05) is 37.3 Å². The molecule has 0 amide bonds. The molecule has 0 bridgehead atoms. The Hall–Kier alpha value is -1.39. The topological polar surface area (TPSA) is 55.8 Å². The van der Waals surface area contributed by atoms with E-state index in [1.54, 1.807) is 0 Å².